The molecule has 5 heteroatoms. The topological polar surface area (TPSA) is 57.2 Å². The van der Waals surface area contributed by atoms with Crippen LogP contribution in [-0.2, 0) is 16.5 Å². The van der Waals surface area contributed by atoms with Crippen molar-refractivity contribution in [3.05, 3.63) is 29.8 Å². The molecule has 0 fully saturated rings. The standard InChI is InChI=1S/C8H10O3S.Na/c1-2-7-3-5-8(6-4-7)12(9,10)11;/h3-6H,2H2,1H3,(H,9,10,11);/q;+1/p-1. The van der Waals surface area contributed by atoms with Gasteiger partial charge in [0, 0.05) is 0 Å². The smallest absolute Gasteiger partial charge is 0.744 e. The molecule has 0 aliphatic heterocycles. The fourth-order valence-electron chi connectivity index (χ4n) is 0.892. The second kappa shape index (κ2) is 5.12. The Hall–Kier alpha value is 0.130. The summed E-state index contributed by atoms with van der Waals surface area (Å²) < 4.78 is 31.4. The van der Waals surface area contributed by atoms with Gasteiger partial charge in [-0.3, -0.25) is 0 Å². The molecule has 0 amide bonds. The van der Waals surface area contributed by atoms with Gasteiger partial charge in [-0.05, 0) is 24.1 Å². The van der Waals surface area contributed by atoms with Gasteiger partial charge in [-0.1, -0.05) is 19.1 Å². The molecule has 13 heavy (non-hydrogen) atoms. The molecular weight excluding hydrogens is 199 g/mol. The van der Waals surface area contributed by atoms with Crippen LogP contribution in [0.3, 0.4) is 0 Å². The Kier molecular flexibility index (Phi) is 5.17. The molecule has 0 aromatic heterocycles. The Labute approximate surface area is 100 Å². The van der Waals surface area contributed by atoms with Gasteiger partial charge in [-0.25, -0.2) is 8.42 Å². The van der Waals surface area contributed by atoms with Gasteiger partial charge in [0.25, 0.3) is 0 Å². The van der Waals surface area contributed by atoms with Crippen LogP contribution in [0.5, 0.6) is 0 Å². The molecule has 1 rings (SSSR count). The average Bonchev–Trinajstić information content (AvgIpc) is 2.03. The van der Waals surface area contributed by atoms with Gasteiger partial charge < -0.3 is 4.55 Å². The van der Waals surface area contributed by atoms with Crippen LogP contribution in [0.4, 0.5) is 0 Å². The number of hydrogen-bond acceptors (Lipinski definition) is 3. The van der Waals surface area contributed by atoms with Crippen LogP contribution in [0, 0.1) is 0 Å². The molecule has 66 valence electrons. The quantitative estimate of drug-likeness (QED) is 0.424. The third kappa shape index (κ3) is 3.79. The van der Waals surface area contributed by atoms with Crippen molar-refractivity contribution >= 4 is 10.1 Å². The van der Waals surface area contributed by atoms with Crippen LogP contribution in [0.25, 0.3) is 0 Å². The maximum Gasteiger partial charge on any atom is 1.00 e. The first kappa shape index (κ1) is 13.1. The molecule has 0 unspecified atom stereocenters. The van der Waals surface area contributed by atoms with Crippen LogP contribution < -0.4 is 29.6 Å². The monoisotopic (exact) mass is 208 g/mol. The number of rotatable bonds is 2. The molecule has 0 saturated heterocycles. The Balaban J connectivity index is 0.00000144. The van der Waals surface area contributed by atoms with Gasteiger partial charge in [0.05, 0.1) is 4.90 Å². The molecule has 0 atom stereocenters. The summed E-state index contributed by atoms with van der Waals surface area (Å²) in [5.41, 5.74) is 1.02. The van der Waals surface area contributed by atoms with Gasteiger partial charge in [0.15, 0.2) is 0 Å². The Morgan fingerprint density at radius 1 is 1.23 bits per heavy atom. The molecule has 0 spiro atoms. The minimum Gasteiger partial charge on any atom is -0.744 e. The molecule has 0 bridgehead atoms. The fraction of sp³-hybridized carbons (Fsp3) is 0.250. The van der Waals surface area contributed by atoms with Crippen molar-refractivity contribution in [3.8, 4) is 0 Å². The van der Waals surface area contributed by atoms with Crippen LogP contribution in [0.15, 0.2) is 29.2 Å². The van der Waals surface area contributed by atoms with Crippen LogP contribution in [0.1, 0.15) is 12.5 Å². The zero-order valence-corrected chi connectivity index (χ0v) is 10.5. The van der Waals surface area contributed by atoms with Crippen molar-refractivity contribution in [3.63, 3.8) is 0 Å². The summed E-state index contributed by atoms with van der Waals surface area (Å²) in [5, 5.41) is 0. The molecule has 3 nitrogen and oxygen atoms in total. The molecular formula is C8H9NaO3S. The van der Waals surface area contributed by atoms with Gasteiger partial charge in [-0.2, -0.15) is 0 Å². The zero-order chi connectivity index (χ0) is 9.19. The summed E-state index contributed by atoms with van der Waals surface area (Å²) in [6.07, 6.45) is 0.833. The molecule has 0 heterocycles. The fourth-order valence-corrected chi connectivity index (χ4v) is 1.36. The maximum atomic E-state index is 10.5. The Bertz CT molecular complexity index is 355. The Morgan fingerprint density at radius 3 is 2.00 bits per heavy atom. The molecule has 0 N–H and O–H groups in total. The van der Waals surface area contributed by atoms with Crippen molar-refractivity contribution in [1.82, 2.24) is 0 Å². The summed E-state index contributed by atoms with van der Waals surface area (Å²) in [4.78, 5) is -0.167. The molecule has 1 aromatic rings. The van der Waals surface area contributed by atoms with Crippen molar-refractivity contribution in [1.29, 1.82) is 0 Å². The zero-order valence-electron chi connectivity index (χ0n) is 7.65. The summed E-state index contributed by atoms with van der Waals surface area (Å²) in [5.74, 6) is 0. The van der Waals surface area contributed by atoms with E-state index in [0.29, 0.717) is 0 Å². The predicted molar refractivity (Wildman–Crippen MR) is 43.8 cm³/mol. The van der Waals surface area contributed by atoms with E-state index < -0.39 is 10.1 Å². The number of aryl methyl sites for hydroxylation is 1. The van der Waals surface area contributed by atoms with Crippen molar-refractivity contribution < 1.29 is 42.5 Å². The van der Waals surface area contributed by atoms with Crippen LogP contribution in [0.2, 0.25) is 0 Å². The molecule has 0 aliphatic carbocycles. The van der Waals surface area contributed by atoms with E-state index >= 15 is 0 Å². The van der Waals surface area contributed by atoms with E-state index in [4.69, 9.17) is 0 Å². The van der Waals surface area contributed by atoms with Crippen LogP contribution in [-0.4, -0.2) is 13.0 Å². The summed E-state index contributed by atoms with van der Waals surface area (Å²) in [6.45, 7) is 1.96. The van der Waals surface area contributed by atoms with E-state index in [1.165, 1.54) is 12.1 Å². The van der Waals surface area contributed by atoms with E-state index in [2.05, 4.69) is 0 Å². The third-order valence-electron chi connectivity index (χ3n) is 1.62. The molecule has 1 aromatic carbocycles. The second-order valence-corrected chi connectivity index (χ2v) is 3.83. The number of hydrogen-bond donors (Lipinski definition) is 0. The first-order valence-electron chi connectivity index (χ1n) is 3.59. The minimum atomic E-state index is -4.28. The van der Waals surface area contributed by atoms with Crippen molar-refractivity contribution in [2.45, 2.75) is 18.2 Å². The van der Waals surface area contributed by atoms with Gasteiger partial charge in [0.1, 0.15) is 10.1 Å². The van der Waals surface area contributed by atoms with Crippen molar-refractivity contribution in [2.75, 3.05) is 0 Å². The van der Waals surface area contributed by atoms with E-state index in [-0.39, 0.29) is 34.5 Å². The van der Waals surface area contributed by atoms with Gasteiger partial charge in [0.2, 0.25) is 0 Å². The van der Waals surface area contributed by atoms with E-state index in [0.717, 1.165) is 12.0 Å². The molecule has 0 aliphatic rings. The predicted octanol–water partition coefficient (Wildman–Crippen LogP) is -1.84. The number of benzene rings is 1. The first-order valence-corrected chi connectivity index (χ1v) is 4.99. The van der Waals surface area contributed by atoms with Crippen molar-refractivity contribution in [2.24, 2.45) is 0 Å². The van der Waals surface area contributed by atoms with E-state index in [1.807, 2.05) is 6.92 Å². The molecule has 0 radical (unpaired) electrons. The largest absolute Gasteiger partial charge is 1.00 e. The van der Waals surface area contributed by atoms with Crippen LogP contribution >= 0.6 is 0 Å². The maximum absolute atomic E-state index is 10.5. The summed E-state index contributed by atoms with van der Waals surface area (Å²) in [7, 11) is -4.28. The van der Waals surface area contributed by atoms with Gasteiger partial charge >= 0.3 is 29.6 Å². The molecule has 0 saturated carbocycles. The minimum absolute atomic E-state index is 0. The third-order valence-corrected chi connectivity index (χ3v) is 2.47. The average molecular weight is 208 g/mol. The van der Waals surface area contributed by atoms with E-state index in [1.54, 1.807) is 12.1 Å². The normalized spacial score (nSPS) is 10.6. The summed E-state index contributed by atoms with van der Waals surface area (Å²) in [6, 6.07) is 5.96. The first-order chi connectivity index (χ1) is 5.54. The second-order valence-electron chi connectivity index (χ2n) is 2.45. The van der Waals surface area contributed by atoms with E-state index in [9.17, 15) is 13.0 Å². The Morgan fingerprint density at radius 2 is 1.69 bits per heavy atom. The van der Waals surface area contributed by atoms with Gasteiger partial charge in [-0.15, -0.1) is 0 Å². The summed E-state index contributed by atoms with van der Waals surface area (Å²) >= 11 is 0. The SMILES string of the molecule is CCc1ccc(S(=O)(=O)[O-])cc1.[Na+].